The summed E-state index contributed by atoms with van der Waals surface area (Å²) in [5.74, 6) is -0.628. The maximum absolute atomic E-state index is 10.9. The number of aryl methyl sites for hydroxylation is 2. The fourth-order valence-electron chi connectivity index (χ4n) is 1.36. The molecular formula is C9H9N3O3. The van der Waals surface area contributed by atoms with E-state index in [1.54, 1.807) is 20.0 Å². The van der Waals surface area contributed by atoms with E-state index < -0.39 is 5.97 Å². The van der Waals surface area contributed by atoms with E-state index in [9.17, 15) is 4.79 Å². The molecule has 1 N–H and O–H groups in total. The first-order chi connectivity index (χ1) is 7.09. The number of hydrogen-bond donors (Lipinski definition) is 1. The van der Waals surface area contributed by atoms with Crippen molar-refractivity contribution in [1.29, 1.82) is 0 Å². The van der Waals surface area contributed by atoms with Gasteiger partial charge in [-0.3, -0.25) is 4.68 Å². The van der Waals surface area contributed by atoms with Gasteiger partial charge in [-0.25, -0.2) is 4.79 Å². The van der Waals surface area contributed by atoms with Crippen LogP contribution >= 0.6 is 0 Å². The van der Waals surface area contributed by atoms with Crippen LogP contribution < -0.4 is 0 Å². The van der Waals surface area contributed by atoms with Crippen LogP contribution in [0.25, 0.3) is 11.5 Å². The summed E-state index contributed by atoms with van der Waals surface area (Å²) in [7, 11) is 1.65. The van der Waals surface area contributed by atoms with Crippen LogP contribution in [-0.2, 0) is 7.05 Å². The van der Waals surface area contributed by atoms with Crippen LogP contribution in [0.1, 0.15) is 16.1 Å². The molecule has 0 saturated heterocycles. The van der Waals surface area contributed by atoms with Crippen molar-refractivity contribution >= 4 is 5.97 Å². The molecule has 0 radical (unpaired) electrons. The molecule has 0 aliphatic rings. The third kappa shape index (κ3) is 1.50. The van der Waals surface area contributed by atoms with Gasteiger partial charge in [0, 0.05) is 13.1 Å². The topological polar surface area (TPSA) is 81.1 Å². The summed E-state index contributed by atoms with van der Waals surface area (Å²) in [6, 6.07) is 1.67. The quantitative estimate of drug-likeness (QED) is 0.796. The predicted octanol–water partition coefficient (Wildman–Crippen LogP) is 1.08. The van der Waals surface area contributed by atoms with Crippen molar-refractivity contribution in [2.45, 2.75) is 6.92 Å². The highest BCUT2D eigenvalue weighted by Gasteiger charge is 2.19. The van der Waals surface area contributed by atoms with Gasteiger partial charge in [0.25, 0.3) is 0 Å². The summed E-state index contributed by atoms with van der Waals surface area (Å²) in [6.07, 6.45) is 1.29. The molecule has 0 aromatic carbocycles. The highest BCUT2D eigenvalue weighted by atomic mass is 16.5. The summed E-state index contributed by atoms with van der Waals surface area (Å²) in [6.45, 7) is 1.77. The van der Waals surface area contributed by atoms with E-state index in [4.69, 9.17) is 9.63 Å². The van der Waals surface area contributed by atoms with Gasteiger partial charge < -0.3 is 9.63 Å². The molecule has 6 nitrogen and oxygen atoms in total. The number of nitrogens with zero attached hydrogens (tertiary/aromatic N) is 3. The lowest BCUT2D eigenvalue weighted by atomic mass is 10.2. The smallest absolute Gasteiger partial charge is 0.339 e. The second-order valence-corrected chi connectivity index (χ2v) is 3.17. The molecule has 0 bridgehead atoms. The molecule has 2 aromatic heterocycles. The molecule has 78 valence electrons. The largest absolute Gasteiger partial charge is 0.478 e. The predicted molar refractivity (Wildman–Crippen MR) is 50.4 cm³/mol. The number of hydrogen-bond acceptors (Lipinski definition) is 4. The minimum Gasteiger partial charge on any atom is -0.478 e. The average molecular weight is 207 g/mol. The van der Waals surface area contributed by atoms with E-state index in [1.165, 1.54) is 10.9 Å². The van der Waals surface area contributed by atoms with E-state index >= 15 is 0 Å². The maximum atomic E-state index is 10.9. The minimum atomic E-state index is -1.04. The third-order valence-corrected chi connectivity index (χ3v) is 2.03. The number of aromatic nitrogens is 3. The summed E-state index contributed by atoms with van der Waals surface area (Å²) in [5.41, 5.74) is 1.22. The zero-order chi connectivity index (χ0) is 11.0. The summed E-state index contributed by atoms with van der Waals surface area (Å²) in [4.78, 5) is 10.9. The zero-order valence-electron chi connectivity index (χ0n) is 8.26. The molecule has 2 aromatic rings. The Morgan fingerprint density at radius 3 is 2.87 bits per heavy atom. The lowest BCUT2D eigenvalue weighted by Gasteiger charge is -1.97. The minimum absolute atomic E-state index is 0.105. The molecule has 0 amide bonds. The summed E-state index contributed by atoms with van der Waals surface area (Å²) >= 11 is 0. The highest BCUT2D eigenvalue weighted by molar-refractivity contribution is 5.93. The van der Waals surface area contributed by atoms with Gasteiger partial charge in [-0.05, 0) is 6.92 Å². The monoisotopic (exact) mass is 207 g/mol. The summed E-state index contributed by atoms with van der Waals surface area (Å²) in [5, 5.41) is 16.5. The van der Waals surface area contributed by atoms with Gasteiger partial charge in [0.1, 0.15) is 11.3 Å². The van der Waals surface area contributed by atoms with Crippen molar-refractivity contribution in [1.82, 2.24) is 14.9 Å². The molecule has 0 fully saturated rings. The molecule has 2 rings (SSSR count). The Hall–Kier alpha value is -2.11. The highest BCUT2D eigenvalue weighted by Crippen LogP contribution is 2.23. The van der Waals surface area contributed by atoms with Crippen molar-refractivity contribution in [2.24, 2.45) is 7.05 Å². The van der Waals surface area contributed by atoms with Crippen molar-refractivity contribution in [3.05, 3.63) is 23.5 Å². The molecule has 15 heavy (non-hydrogen) atoms. The van der Waals surface area contributed by atoms with Gasteiger partial charge in [-0.1, -0.05) is 5.16 Å². The Morgan fingerprint density at radius 1 is 1.60 bits per heavy atom. The average Bonchev–Trinajstić information content (AvgIpc) is 2.71. The summed E-state index contributed by atoms with van der Waals surface area (Å²) < 4.78 is 6.45. The van der Waals surface area contributed by atoms with Crippen molar-refractivity contribution < 1.29 is 14.4 Å². The molecule has 6 heteroatoms. The van der Waals surface area contributed by atoms with Crippen molar-refractivity contribution in [3.8, 4) is 11.5 Å². The standard InChI is InChI=1S/C9H9N3O3/c1-5-3-7(15-11-5)8-6(9(13)14)4-10-12(8)2/h3-4H,1-2H3,(H,13,14). The molecule has 0 aliphatic heterocycles. The fourth-order valence-corrected chi connectivity index (χ4v) is 1.36. The van der Waals surface area contributed by atoms with Gasteiger partial charge in [-0.2, -0.15) is 5.10 Å². The van der Waals surface area contributed by atoms with Crippen LogP contribution in [-0.4, -0.2) is 26.0 Å². The first kappa shape index (κ1) is 9.45. The lowest BCUT2D eigenvalue weighted by molar-refractivity contribution is 0.0697. The van der Waals surface area contributed by atoms with Crippen LogP contribution in [0.4, 0.5) is 0 Å². The molecule has 0 saturated carbocycles. The first-order valence-electron chi connectivity index (χ1n) is 4.28. The number of rotatable bonds is 2. The van der Waals surface area contributed by atoms with Crippen LogP contribution in [0, 0.1) is 6.92 Å². The second-order valence-electron chi connectivity index (χ2n) is 3.17. The van der Waals surface area contributed by atoms with Gasteiger partial charge in [-0.15, -0.1) is 0 Å². The molecule has 0 aliphatic carbocycles. The van der Waals surface area contributed by atoms with E-state index in [2.05, 4.69) is 10.3 Å². The Kier molecular flexibility index (Phi) is 2.03. The first-order valence-corrected chi connectivity index (χ1v) is 4.28. The Morgan fingerprint density at radius 2 is 2.33 bits per heavy atom. The van der Waals surface area contributed by atoms with Gasteiger partial charge in [0.2, 0.25) is 0 Å². The van der Waals surface area contributed by atoms with Gasteiger partial charge >= 0.3 is 5.97 Å². The molecule has 0 atom stereocenters. The third-order valence-electron chi connectivity index (χ3n) is 2.03. The van der Waals surface area contributed by atoms with E-state index in [0.717, 1.165) is 0 Å². The maximum Gasteiger partial charge on any atom is 0.339 e. The number of carboxylic acid groups (broad SMARTS) is 1. The lowest BCUT2D eigenvalue weighted by Crippen LogP contribution is -1.99. The van der Waals surface area contributed by atoms with Crippen LogP contribution in [0.5, 0.6) is 0 Å². The fraction of sp³-hybridized carbons (Fsp3) is 0.222. The number of carboxylic acids is 1. The molecule has 0 unspecified atom stereocenters. The van der Waals surface area contributed by atoms with Crippen molar-refractivity contribution in [3.63, 3.8) is 0 Å². The Balaban J connectivity index is 2.60. The number of aromatic carboxylic acids is 1. The zero-order valence-corrected chi connectivity index (χ0v) is 8.26. The van der Waals surface area contributed by atoms with Gasteiger partial charge in [0.15, 0.2) is 5.76 Å². The van der Waals surface area contributed by atoms with Gasteiger partial charge in [0.05, 0.1) is 11.9 Å². The Labute approximate surface area is 85.1 Å². The van der Waals surface area contributed by atoms with E-state index in [1.807, 2.05) is 0 Å². The van der Waals surface area contributed by atoms with Crippen LogP contribution in [0.15, 0.2) is 16.8 Å². The van der Waals surface area contributed by atoms with E-state index in [-0.39, 0.29) is 5.56 Å². The second kappa shape index (κ2) is 3.23. The number of carbonyl (C=O) groups is 1. The van der Waals surface area contributed by atoms with Crippen molar-refractivity contribution in [2.75, 3.05) is 0 Å². The van der Waals surface area contributed by atoms with E-state index in [0.29, 0.717) is 17.1 Å². The van der Waals surface area contributed by atoms with Crippen LogP contribution in [0.3, 0.4) is 0 Å². The molecular weight excluding hydrogens is 198 g/mol. The molecule has 0 spiro atoms. The Bertz CT molecular complexity index is 512. The normalized spacial score (nSPS) is 10.5. The SMILES string of the molecule is Cc1cc(-c2c(C(=O)O)cnn2C)on1. The molecule has 2 heterocycles. The van der Waals surface area contributed by atoms with Crippen LogP contribution in [0.2, 0.25) is 0 Å².